The third-order valence-electron chi connectivity index (χ3n) is 22.3. The van der Waals surface area contributed by atoms with Gasteiger partial charge in [-0.2, -0.15) is 19.9 Å². The van der Waals surface area contributed by atoms with Gasteiger partial charge < -0.3 is 87.4 Å². The van der Waals surface area contributed by atoms with Crippen LogP contribution >= 0.6 is 61.3 Å². The Bertz CT molecular complexity index is 7200. The van der Waals surface area contributed by atoms with Crippen LogP contribution in [0.5, 0.6) is 0 Å². The van der Waals surface area contributed by atoms with Gasteiger partial charge in [0.1, 0.15) is 51.8 Å². The third-order valence-corrected chi connectivity index (χ3v) is 26.0. The number of piperazine rings is 3. The molecule has 3 saturated heterocycles. The van der Waals surface area contributed by atoms with E-state index in [-0.39, 0.29) is 47.6 Å². The topological polar surface area (TPSA) is 461 Å². The van der Waals surface area contributed by atoms with Crippen molar-refractivity contribution in [3.05, 3.63) is 242 Å². The van der Waals surface area contributed by atoms with Crippen molar-refractivity contribution in [2.75, 3.05) is 156 Å². The number of para-hydroxylation sites is 12. The van der Waals surface area contributed by atoms with E-state index in [4.69, 9.17) is 25.7 Å². The molecule has 43 heteroatoms. The largest absolute Gasteiger partial charge is 0.444 e. The first-order valence-electron chi connectivity index (χ1n) is 45.8. The molecular formula is C99H108BrN28O10S4+. The van der Waals surface area contributed by atoms with Gasteiger partial charge in [0.05, 0.1) is 62.7 Å². The number of rotatable bonds is 17. The third kappa shape index (κ3) is 25.6. The molecule has 0 atom stereocenters. The van der Waals surface area contributed by atoms with Crippen LogP contribution in [-0.4, -0.2) is 243 Å². The summed E-state index contributed by atoms with van der Waals surface area (Å²) in [5.41, 5.74) is 21.6. The van der Waals surface area contributed by atoms with E-state index in [1.807, 2.05) is 267 Å². The number of hydrogen-bond acceptors (Lipinski definition) is 30. The van der Waals surface area contributed by atoms with Gasteiger partial charge in [-0.3, -0.25) is 39.4 Å². The van der Waals surface area contributed by atoms with Gasteiger partial charge in [-0.1, -0.05) is 97.1 Å². The number of amides is 7. The lowest BCUT2D eigenvalue weighted by molar-refractivity contribution is -0.441. The molecule has 20 rings (SSSR count). The van der Waals surface area contributed by atoms with E-state index in [0.717, 1.165) is 104 Å². The summed E-state index contributed by atoms with van der Waals surface area (Å²) in [6.45, 7) is 26.7. The Morgan fingerprint density at radius 3 is 1.23 bits per heavy atom. The monoisotopic (exact) mass is 2060 g/mol. The van der Waals surface area contributed by atoms with Crippen LogP contribution in [0.3, 0.4) is 0 Å². The molecule has 8 aromatic heterocycles. The van der Waals surface area contributed by atoms with Crippen LogP contribution in [-0.2, 0) is 14.2 Å². The standard InChI is InChI=1S/C26H27N7O3S.C26H29N7O3S.C21H21N7OS.C19H23BrN4O3S.C7H7N3/c1-26(2,3)36-25(35)32-14-12-31(13-15-32)21-11-7-5-9-18(21)28-23(34)19-16-37-24(29-19)33-20-10-6-4-8-17(20)22(27)30-33;1-26(2,3)36-25(35)33-14-12-32(13-15-33)21-11-7-6-10-19(21)27-23(34)20-16-37-24(28-20)29-22-17-8-4-5-9-18(17)30-31-22;29-20(23-16-7-3-4-8-18(16)28-11-9-22-10-12-28)17-13-30-21(24-17)25-19-14-5-1-2-6-15(14)26-27-19;1-19(2,3)27-18(26)24-10-8-23(9-11-24)15-7-5-4-6-13(15)21-16(25)14-12-28-17(20)22-14;8-7-5-3-1-2-4-6(5)9-10-7/h4-12,16H,13-15H2,1-3H3,(H2-,27,28,30,34);4-11,16H,12-15H2,1-3H3,(H,27,34)(H2,28,29,30,31);1-8,13,22H,9-12H2,(H,23,29)(H2,24,25,26,27);4-7,12H,8-11H2,1-3H3,(H,21,25);1-4H,(H3,8,9,10)/p+1. The van der Waals surface area contributed by atoms with Crippen molar-refractivity contribution in [3.8, 4) is 5.13 Å². The molecule has 16 aromatic rings. The Labute approximate surface area is 841 Å². The molecule has 0 bridgehead atoms. The van der Waals surface area contributed by atoms with E-state index >= 15 is 0 Å². The molecule has 0 spiro atoms. The molecule has 734 valence electrons. The first-order chi connectivity index (χ1) is 68.3. The van der Waals surface area contributed by atoms with Gasteiger partial charge >= 0.3 is 18.3 Å². The van der Waals surface area contributed by atoms with Gasteiger partial charge in [0.2, 0.25) is 10.8 Å². The number of halogens is 1. The molecule has 0 aliphatic carbocycles. The van der Waals surface area contributed by atoms with Gasteiger partial charge in [0.25, 0.3) is 23.6 Å². The van der Waals surface area contributed by atoms with Gasteiger partial charge in [-0.25, -0.2) is 39.0 Å². The summed E-state index contributed by atoms with van der Waals surface area (Å²) in [7, 11) is 0. The molecule has 8 aromatic carbocycles. The number of nitrogens with one attached hydrogen (secondary N) is 10. The number of carbonyl (C=O) groups excluding carboxylic acids is 7. The highest BCUT2D eigenvalue weighted by Crippen LogP contribution is 2.36. The number of benzene rings is 8. The number of anilines is 13. The predicted molar refractivity (Wildman–Crippen MR) is 566 cm³/mol. The lowest BCUT2D eigenvalue weighted by atomic mass is 10.2. The fraction of sp³-hybridized carbons (Fsp3) is 0.273. The van der Waals surface area contributed by atoms with Crippen molar-refractivity contribution in [1.82, 2.24) is 80.3 Å². The number of H-pyrrole nitrogens is 3. The number of carbonyl (C=O) groups is 7. The SMILES string of the molecule is CC(C)(C)OC(=O)N1CC=[N+](c2ccccc2NC(=O)c2csc(-n3nc(N)c4ccccc43)n2)CC1.CC(C)(C)OC(=O)N1CCN(c2ccccc2NC(=O)c2csc(Br)n2)CC1.CC(C)(C)OC(=O)N1CCN(c2ccccc2NC(=O)c2csc(Nc3n[nH]c4ccccc34)n2)CC1.Nc1n[nH]c2ccccc12.O=C(Nc1ccccc1N1CCNCC1)c1csc(Nc2n[nH]c3ccccc23)n1. The van der Waals surface area contributed by atoms with Crippen LogP contribution < -0.4 is 63.4 Å². The molecule has 3 fully saturated rings. The normalized spacial score (nSPS) is 13.9. The maximum atomic E-state index is 13.1. The minimum Gasteiger partial charge on any atom is -0.444 e. The maximum absolute atomic E-state index is 13.1. The van der Waals surface area contributed by atoms with Gasteiger partial charge in [0.15, 0.2) is 50.2 Å². The van der Waals surface area contributed by atoms with E-state index in [1.54, 1.807) is 40.9 Å². The quantitative estimate of drug-likeness (QED) is 0.0297. The van der Waals surface area contributed by atoms with Crippen LogP contribution in [0, 0.1) is 0 Å². The van der Waals surface area contributed by atoms with E-state index in [9.17, 15) is 33.6 Å². The Balaban J connectivity index is 0.000000132. The van der Waals surface area contributed by atoms with Crippen molar-refractivity contribution in [1.29, 1.82) is 0 Å². The van der Waals surface area contributed by atoms with Crippen LogP contribution in [0.4, 0.5) is 93.4 Å². The van der Waals surface area contributed by atoms with Gasteiger partial charge in [-0.05, 0) is 169 Å². The van der Waals surface area contributed by atoms with Crippen molar-refractivity contribution in [2.24, 2.45) is 0 Å². The van der Waals surface area contributed by atoms with Crippen LogP contribution in [0.2, 0.25) is 0 Å². The predicted octanol–water partition coefficient (Wildman–Crippen LogP) is 18.1. The molecule has 4 aliphatic heterocycles. The molecule has 38 nitrogen and oxygen atoms in total. The van der Waals surface area contributed by atoms with E-state index < -0.39 is 16.8 Å². The van der Waals surface area contributed by atoms with E-state index in [0.29, 0.717) is 143 Å². The van der Waals surface area contributed by atoms with Crippen LogP contribution in [0.15, 0.2) is 220 Å². The highest BCUT2D eigenvalue weighted by molar-refractivity contribution is 9.11. The summed E-state index contributed by atoms with van der Waals surface area (Å²) in [6, 6.07) is 61.8. The van der Waals surface area contributed by atoms with Crippen molar-refractivity contribution >= 4 is 232 Å². The fourth-order valence-electron chi connectivity index (χ4n) is 15.5. The first-order valence-corrected chi connectivity index (χ1v) is 50.1. The maximum Gasteiger partial charge on any atom is 0.411 e. The summed E-state index contributed by atoms with van der Waals surface area (Å²) in [6.07, 6.45) is 0.996. The molecule has 4 aliphatic rings. The minimum atomic E-state index is -0.544. The number of ether oxygens (including phenoxy) is 3. The summed E-state index contributed by atoms with van der Waals surface area (Å²) in [4.78, 5) is 118. The Hall–Kier alpha value is -15.4. The highest BCUT2D eigenvalue weighted by Gasteiger charge is 2.33. The number of aromatic amines is 3. The van der Waals surface area contributed by atoms with E-state index in [2.05, 4.69) is 123 Å². The van der Waals surface area contributed by atoms with Crippen LogP contribution in [0.1, 0.15) is 104 Å². The number of fused-ring (bicyclic) bond motifs is 4. The average molecular weight is 2060 g/mol. The number of hydrogen-bond donors (Lipinski definition) is 12. The zero-order valence-electron chi connectivity index (χ0n) is 79.4. The second kappa shape index (κ2) is 44.8. The zero-order chi connectivity index (χ0) is 99.8. The molecule has 12 heterocycles. The lowest BCUT2D eigenvalue weighted by Crippen LogP contribution is -2.50. The number of thiazole rings is 4. The van der Waals surface area contributed by atoms with Crippen molar-refractivity contribution < 1.29 is 52.3 Å². The van der Waals surface area contributed by atoms with Crippen molar-refractivity contribution in [3.63, 3.8) is 0 Å². The van der Waals surface area contributed by atoms with Gasteiger partial charge in [0, 0.05) is 128 Å². The first kappa shape index (κ1) is 99.6. The van der Waals surface area contributed by atoms with Crippen molar-refractivity contribution in [2.45, 2.75) is 79.1 Å². The molecule has 7 amide bonds. The Morgan fingerprint density at radius 1 is 0.394 bits per heavy atom. The molecule has 14 N–H and O–H groups in total. The summed E-state index contributed by atoms with van der Waals surface area (Å²) >= 11 is 8.67. The number of nitrogens with zero attached hydrogens (tertiary/aromatic N) is 16. The smallest absolute Gasteiger partial charge is 0.411 e. The molecule has 142 heavy (non-hydrogen) atoms. The van der Waals surface area contributed by atoms with Gasteiger partial charge in [-0.15, -0.1) is 50.4 Å². The summed E-state index contributed by atoms with van der Waals surface area (Å²) in [5.74, 6) is 1.23. The minimum absolute atomic E-state index is 0.228. The summed E-state index contributed by atoms with van der Waals surface area (Å²) < 4.78 is 20.8. The molecule has 0 saturated carbocycles. The van der Waals surface area contributed by atoms with Crippen LogP contribution in [0.25, 0.3) is 48.7 Å². The Morgan fingerprint density at radius 2 is 0.775 bits per heavy atom. The highest BCUT2D eigenvalue weighted by atomic mass is 79.9. The average Bonchev–Trinajstić information content (AvgIpc) is 1.62. The Kier molecular flexibility index (Phi) is 31.4. The number of nitrogen functional groups attached to an aromatic ring is 2. The fourth-order valence-corrected chi connectivity index (χ4v) is 18.6. The zero-order valence-corrected chi connectivity index (χ0v) is 84.2. The molecule has 0 radical (unpaired) electrons. The lowest BCUT2D eigenvalue weighted by Gasteiger charge is -2.37. The number of aromatic nitrogens is 12. The molecular weight excluding hydrogens is 1950 g/mol. The molecule has 0 unspecified atom stereocenters. The summed E-state index contributed by atoms with van der Waals surface area (Å²) in [5, 5.41) is 59.7. The second-order valence-corrected chi connectivity index (χ2v) is 40.6. The second-order valence-electron chi connectivity index (χ2n) is 35.9. The number of nitrogens with two attached hydrogens (primary N) is 2. The van der Waals surface area contributed by atoms with E-state index in [1.165, 1.54) is 45.3 Å².